The van der Waals surface area contributed by atoms with Crippen molar-refractivity contribution in [1.82, 2.24) is 9.62 Å². The van der Waals surface area contributed by atoms with Crippen molar-refractivity contribution in [3.63, 3.8) is 0 Å². The fraction of sp³-hybridized carbons (Fsp3) is 0.500. The smallest absolute Gasteiger partial charge is 0.422 e. The molecule has 0 spiro atoms. The molecule has 1 N–H and O–H groups in total. The van der Waals surface area contributed by atoms with Gasteiger partial charge in [0.2, 0.25) is 15.9 Å². The Morgan fingerprint density at radius 3 is 2.50 bits per heavy atom. The molecule has 1 atom stereocenters. The lowest BCUT2D eigenvalue weighted by atomic mass is 10.2. The first-order chi connectivity index (χ1) is 11.1. The van der Waals surface area contributed by atoms with E-state index in [0.29, 0.717) is 12.8 Å². The van der Waals surface area contributed by atoms with Crippen LogP contribution in [0.3, 0.4) is 0 Å². The lowest BCUT2D eigenvalue weighted by Gasteiger charge is -2.22. The first-order valence-electron chi connectivity index (χ1n) is 7.18. The maximum atomic E-state index is 12.6. The van der Waals surface area contributed by atoms with Crippen molar-refractivity contribution in [2.75, 3.05) is 20.2 Å². The Hall–Kier alpha value is -1.81. The lowest BCUT2D eigenvalue weighted by molar-refractivity contribution is -0.153. The normalized spacial score (nSPS) is 19.2. The van der Waals surface area contributed by atoms with Crippen molar-refractivity contribution < 1.29 is 31.1 Å². The Bertz CT molecular complexity index is 689. The van der Waals surface area contributed by atoms with Crippen molar-refractivity contribution in [3.8, 4) is 5.75 Å². The third kappa shape index (κ3) is 4.18. The number of ether oxygens (including phenoxy) is 1. The number of carbonyl (C=O) groups is 1. The van der Waals surface area contributed by atoms with Gasteiger partial charge >= 0.3 is 6.18 Å². The number of carbonyl (C=O) groups excluding carboxylic acids is 1. The standard InChI is InChI=1S/C14H17F3N2O4S/c1-18-13(20)12-3-2-8-19(12)24(21,22)11-6-4-10(5-7-11)23-9-14(15,16)17/h4-7,12H,2-3,8-9H2,1H3,(H,18,20)/t12-/m0/s1. The van der Waals surface area contributed by atoms with E-state index >= 15 is 0 Å². The highest BCUT2D eigenvalue weighted by molar-refractivity contribution is 7.89. The number of halogens is 3. The van der Waals surface area contributed by atoms with Crippen LogP contribution in [0.1, 0.15) is 12.8 Å². The molecule has 1 aromatic carbocycles. The zero-order valence-corrected chi connectivity index (χ0v) is 13.7. The summed E-state index contributed by atoms with van der Waals surface area (Å²) in [4.78, 5) is 11.7. The number of hydrogen-bond donors (Lipinski definition) is 1. The van der Waals surface area contributed by atoms with Crippen LogP contribution >= 0.6 is 0 Å². The molecule has 10 heteroatoms. The molecular weight excluding hydrogens is 349 g/mol. The molecule has 0 radical (unpaired) electrons. The molecule has 2 rings (SSSR count). The fourth-order valence-corrected chi connectivity index (χ4v) is 4.12. The number of nitrogens with one attached hydrogen (secondary N) is 1. The second kappa shape index (κ2) is 6.98. The Kier molecular flexibility index (Phi) is 5.38. The van der Waals surface area contributed by atoms with E-state index in [4.69, 9.17) is 0 Å². The highest BCUT2D eigenvalue weighted by atomic mass is 32.2. The quantitative estimate of drug-likeness (QED) is 0.858. The van der Waals surface area contributed by atoms with E-state index in [1.54, 1.807) is 0 Å². The number of sulfonamides is 1. The number of nitrogens with zero attached hydrogens (tertiary/aromatic N) is 1. The van der Waals surface area contributed by atoms with Crippen LogP contribution < -0.4 is 10.1 Å². The molecular formula is C14H17F3N2O4S. The third-order valence-electron chi connectivity index (χ3n) is 3.59. The predicted octanol–water partition coefficient (Wildman–Crippen LogP) is 1.53. The van der Waals surface area contributed by atoms with Gasteiger partial charge in [0.15, 0.2) is 6.61 Å². The summed E-state index contributed by atoms with van der Waals surface area (Å²) < 4.78 is 67.2. The maximum Gasteiger partial charge on any atom is 0.422 e. The highest BCUT2D eigenvalue weighted by Crippen LogP contribution is 2.27. The number of rotatable bonds is 5. The molecule has 0 saturated carbocycles. The van der Waals surface area contributed by atoms with Gasteiger partial charge in [0.05, 0.1) is 4.90 Å². The minimum Gasteiger partial charge on any atom is -0.484 e. The van der Waals surface area contributed by atoms with Gasteiger partial charge < -0.3 is 10.1 Å². The van der Waals surface area contributed by atoms with Crippen molar-refractivity contribution >= 4 is 15.9 Å². The van der Waals surface area contributed by atoms with Gasteiger partial charge in [0.1, 0.15) is 11.8 Å². The van der Waals surface area contributed by atoms with E-state index in [1.165, 1.54) is 19.2 Å². The summed E-state index contributed by atoms with van der Waals surface area (Å²) in [5.41, 5.74) is 0. The molecule has 1 aliphatic rings. The molecule has 6 nitrogen and oxygen atoms in total. The largest absolute Gasteiger partial charge is 0.484 e. The zero-order valence-electron chi connectivity index (χ0n) is 12.8. The van der Waals surface area contributed by atoms with E-state index in [-0.39, 0.29) is 23.1 Å². The van der Waals surface area contributed by atoms with Crippen LogP contribution in [0, 0.1) is 0 Å². The van der Waals surface area contributed by atoms with E-state index in [1.807, 2.05) is 0 Å². The Balaban J connectivity index is 2.16. The van der Waals surface area contributed by atoms with Gasteiger partial charge in [-0.15, -0.1) is 0 Å². The minimum absolute atomic E-state index is 0.0875. The van der Waals surface area contributed by atoms with E-state index < -0.39 is 28.8 Å². The molecule has 0 aromatic heterocycles. The second-order valence-corrected chi connectivity index (χ2v) is 7.15. The number of hydrogen-bond acceptors (Lipinski definition) is 4. The van der Waals surface area contributed by atoms with Gasteiger partial charge in [-0.25, -0.2) is 8.42 Å². The molecule has 24 heavy (non-hydrogen) atoms. The van der Waals surface area contributed by atoms with E-state index in [2.05, 4.69) is 10.1 Å². The highest BCUT2D eigenvalue weighted by Gasteiger charge is 2.39. The summed E-state index contributed by atoms with van der Waals surface area (Å²) in [6, 6.07) is 3.87. The summed E-state index contributed by atoms with van der Waals surface area (Å²) in [5, 5.41) is 2.43. The SMILES string of the molecule is CNC(=O)[C@@H]1CCCN1S(=O)(=O)c1ccc(OCC(F)(F)F)cc1. The molecule has 1 aliphatic heterocycles. The molecule has 134 valence electrons. The zero-order chi connectivity index (χ0) is 18.0. The molecule has 1 heterocycles. The molecule has 0 unspecified atom stereocenters. The Labute approximate surface area is 137 Å². The van der Waals surface area contributed by atoms with Crippen molar-refractivity contribution in [1.29, 1.82) is 0 Å². The third-order valence-corrected chi connectivity index (χ3v) is 5.51. The first kappa shape index (κ1) is 18.5. The van der Waals surface area contributed by atoms with Gasteiger partial charge in [0, 0.05) is 13.6 Å². The van der Waals surface area contributed by atoms with Crippen LogP contribution in [0.2, 0.25) is 0 Å². The number of benzene rings is 1. The van der Waals surface area contributed by atoms with Gasteiger partial charge in [-0.3, -0.25) is 4.79 Å². The number of amides is 1. The van der Waals surface area contributed by atoms with Crippen molar-refractivity contribution in [3.05, 3.63) is 24.3 Å². The molecule has 0 bridgehead atoms. The second-order valence-electron chi connectivity index (χ2n) is 5.26. The minimum atomic E-state index is -4.47. The Morgan fingerprint density at radius 2 is 1.96 bits per heavy atom. The predicted molar refractivity (Wildman–Crippen MR) is 79.0 cm³/mol. The summed E-state index contributed by atoms with van der Waals surface area (Å²) in [6.45, 7) is -1.24. The number of alkyl halides is 3. The van der Waals surface area contributed by atoms with Gasteiger partial charge in [-0.2, -0.15) is 17.5 Å². The van der Waals surface area contributed by atoms with E-state index in [0.717, 1.165) is 16.4 Å². The number of likely N-dealkylation sites (N-methyl/N-ethyl adjacent to an activating group) is 1. The van der Waals surface area contributed by atoms with Crippen LogP contribution in [-0.4, -0.2) is 51.0 Å². The van der Waals surface area contributed by atoms with Gasteiger partial charge in [0.25, 0.3) is 0 Å². The topological polar surface area (TPSA) is 75.7 Å². The first-order valence-corrected chi connectivity index (χ1v) is 8.62. The lowest BCUT2D eigenvalue weighted by Crippen LogP contribution is -2.44. The van der Waals surface area contributed by atoms with Gasteiger partial charge in [-0.05, 0) is 37.1 Å². The van der Waals surface area contributed by atoms with Crippen LogP contribution in [0.4, 0.5) is 13.2 Å². The van der Waals surface area contributed by atoms with Crippen LogP contribution in [0.5, 0.6) is 5.75 Å². The summed E-state index contributed by atoms with van der Waals surface area (Å²) in [6.07, 6.45) is -3.49. The van der Waals surface area contributed by atoms with Crippen molar-refractivity contribution in [2.24, 2.45) is 0 Å². The molecule has 1 amide bonds. The monoisotopic (exact) mass is 366 g/mol. The molecule has 1 fully saturated rings. The van der Waals surface area contributed by atoms with Crippen molar-refractivity contribution in [2.45, 2.75) is 30.0 Å². The van der Waals surface area contributed by atoms with Crippen LogP contribution in [0.15, 0.2) is 29.2 Å². The van der Waals surface area contributed by atoms with Crippen LogP contribution in [-0.2, 0) is 14.8 Å². The molecule has 1 saturated heterocycles. The average molecular weight is 366 g/mol. The maximum absolute atomic E-state index is 12.6. The van der Waals surface area contributed by atoms with E-state index in [9.17, 15) is 26.4 Å². The molecule has 0 aliphatic carbocycles. The van der Waals surface area contributed by atoms with Crippen LogP contribution in [0.25, 0.3) is 0 Å². The summed E-state index contributed by atoms with van der Waals surface area (Å²) in [7, 11) is -2.48. The summed E-state index contributed by atoms with van der Waals surface area (Å²) in [5.74, 6) is -0.475. The average Bonchev–Trinajstić information content (AvgIpc) is 3.02. The fourth-order valence-electron chi connectivity index (χ4n) is 2.46. The Morgan fingerprint density at radius 1 is 1.33 bits per heavy atom. The summed E-state index contributed by atoms with van der Waals surface area (Å²) >= 11 is 0. The van der Waals surface area contributed by atoms with Gasteiger partial charge in [-0.1, -0.05) is 0 Å². The molecule has 1 aromatic rings.